The lowest BCUT2D eigenvalue weighted by atomic mass is 9.95. The van der Waals surface area contributed by atoms with E-state index in [0.29, 0.717) is 6.42 Å². The number of para-hydroxylation sites is 1. The second kappa shape index (κ2) is 17.1. The molecule has 29 heavy (non-hydrogen) atoms. The van der Waals surface area contributed by atoms with Crippen LogP contribution >= 0.6 is 0 Å². The molecule has 2 unspecified atom stereocenters. The highest BCUT2D eigenvalue weighted by molar-refractivity contribution is 5.70. The van der Waals surface area contributed by atoms with Crippen molar-refractivity contribution >= 4 is 5.97 Å². The van der Waals surface area contributed by atoms with Gasteiger partial charge in [-0.05, 0) is 51.2 Å². The van der Waals surface area contributed by atoms with Gasteiger partial charge in [-0.3, -0.25) is 4.79 Å². The molecule has 0 aromatic heterocycles. The van der Waals surface area contributed by atoms with E-state index < -0.39 is 11.9 Å². The van der Waals surface area contributed by atoms with Gasteiger partial charge in [-0.15, -0.1) is 0 Å². The van der Waals surface area contributed by atoms with E-state index in [0.717, 1.165) is 25.0 Å². The molecule has 3 nitrogen and oxygen atoms in total. The van der Waals surface area contributed by atoms with Crippen molar-refractivity contribution in [1.29, 1.82) is 0 Å². The predicted molar refractivity (Wildman–Crippen MR) is 122 cm³/mol. The van der Waals surface area contributed by atoms with Crippen molar-refractivity contribution < 1.29 is 14.6 Å². The molecular formula is C26H42O3. The van der Waals surface area contributed by atoms with Gasteiger partial charge in [-0.25, -0.2) is 0 Å². The molecule has 0 saturated heterocycles. The quantitative estimate of drug-likeness (QED) is 0.201. The molecule has 0 aliphatic carbocycles. The molecule has 0 bridgehead atoms. The second-order valence-corrected chi connectivity index (χ2v) is 8.10. The van der Waals surface area contributed by atoms with Crippen LogP contribution in [-0.4, -0.2) is 17.2 Å². The topological polar surface area (TPSA) is 46.5 Å². The molecule has 0 amide bonds. The highest BCUT2D eigenvalue weighted by atomic mass is 16.5. The maximum atomic E-state index is 11.6. The zero-order chi connectivity index (χ0) is 21.2. The van der Waals surface area contributed by atoms with Crippen LogP contribution in [0.4, 0.5) is 0 Å². The predicted octanol–water partition coefficient (Wildman–Crippen LogP) is 7.80. The lowest BCUT2D eigenvalue weighted by molar-refractivity contribution is -0.145. The summed E-state index contributed by atoms with van der Waals surface area (Å²) in [6.45, 7) is 4.12. The number of hydrogen-bond acceptors (Lipinski definition) is 2. The molecule has 3 heteroatoms. The third-order valence-corrected chi connectivity index (χ3v) is 5.48. The summed E-state index contributed by atoms with van der Waals surface area (Å²) in [4.78, 5) is 11.6. The highest BCUT2D eigenvalue weighted by Gasteiger charge is 2.25. The van der Waals surface area contributed by atoms with E-state index in [2.05, 4.69) is 19.1 Å². The average molecular weight is 403 g/mol. The van der Waals surface area contributed by atoms with Crippen molar-refractivity contribution in [2.45, 2.75) is 103 Å². The summed E-state index contributed by atoms with van der Waals surface area (Å²) < 4.78 is 5.82. The van der Waals surface area contributed by atoms with Gasteiger partial charge in [-0.2, -0.15) is 0 Å². The van der Waals surface area contributed by atoms with Gasteiger partial charge in [0.2, 0.25) is 0 Å². The SMILES string of the molecule is CCCCCCCC/C=C\CCCCCCC(C(=O)O)C(C)Oc1ccccc1. The Morgan fingerprint density at radius 3 is 2.03 bits per heavy atom. The third kappa shape index (κ3) is 13.1. The van der Waals surface area contributed by atoms with Gasteiger partial charge in [0.1, 0.15) is 11.9 Å². The zero-order valence-corrected chi connectivity index (χ0v) is 18.7. The lowest BCUT2D eigenvalue weighted by Gasteiger charge is -2.21. The summed E-state index contributed by atoms with van der Waals surface area (Å²) in [6, 6.07) is 9.47. The van der Waals surface area contributed by atoms with Gasteiger partial charge in [0.05, 0.1) is 5.92 Å². The summed E-state index contributed by atoms with van der Waals surface area (Å²) in [7, 11) is 0. The molecular weight excluding hydrogens is 360 g/mol. The molecule has 1 N–H and O–H groups in total. The fourth-order valence-electron chi connectivity index (χ4n) is 3.61. The zero-order valence-electron chi connectivity index (χ0n) is 18.7. The number of carbonyl (C=O) groups is 1. The van der Waals surface area contributed by atoms with Crippen molar-refractivity contribution in [1.82, 2.24) is 0 Å². The largest absolute Gasteiger partial charge is 0.490 e. The Morgan fingerprint density at radius 2 is 1.45 bits per heavy atom. The minimum absolute atomic E-state index is 0.320. The Bertz CT molecular complexity index is 538. The average Bonchev–Trinajstić information content (AvgIpc) is 2.71. The van der Waals surface area contributed by atoms with Crippen LogP contribution in [0.25, 0.3) is 0 Å². The molecule has 164 valence electrons. The second-order valence-electron chi connectivity index (χ2n) is 8.10. The normalized spacial score (nSPS) is 13.4. The van der Waals surface area contributed by atoms with Gasteiger partial charge in [0.15, 0.2) is 0 Å². The maximum Gasteiger partial charge on any atom is 0.310 e. The number of aliphatic carboxylic acids is 1. The lowest BCUT2D eigenvalue weighted by Crippen LogP contribution is -2.30. The summed E-state index contributed by atoms with van der Waals surface area (Å²) in [5, 5.41) is 9.54. The highest BCUT2D eigenvalue weighted by Crippen LogP contribution is 2.21. The standard InChI is InChI=1S/C26H42O3/c1-3-4-5-6-7-8-9-10-11-12-13-14-15-19-22-25(26(27)28)23(2)29-24-20-17-16-18-21-24/h10-11,16-18,20-21,23,25H,3-9,12-15,19,22H2,1-2H3,(H,27,28)/b11-10-. The molecule has 2 atom stereocenters. The van der Waals surface area contributed by atoms with Crippen molar-refractivity contribution in [3.63, 3.8) is 0 Å². The molecule has 0 aliphatic heterocycles. The van der Waals surface area contributed by atoms with Crippen LogP contribution in [0, 0.1) is 5.92 Å². The fraction of sp³-hybridized carbons (Fsp3) is 0.654. The van der Waals surface area contributed by atoms with E-state index in [9.17, 15) is 9.90 Å². The monoisotopic (exact) mass is 402 g/mol. The van der Waals surface area contributed by atoms with Crippen LogP contribution in [0.5, 0.6) is 5.75 Å². The number of unbranched alkanes of at least 4 members (excludes halogenated alkanes) is 10. The summed E-state index contributed by atoms with van der Waals surface area (Å²) >= 11 is 0. The Morgan fingerprint density at radius 1 is 0.897 bits per heavy atom. The number of ether oxygens (including phenoxy) is 1. The van der Waals surface area contributed by atoms with E-state index >= 15 is 0 Å². The van der Waals surface area contributed by atoms with E-state index in [4.69, 9.17) is 4.74 Å². The Balaban J connectivity index is 2.06. The van der Waals surface area contributed by atoms with Gasteiger partial charge in [0, 0.05) is 0 Å². The maximum absolute atomic E-state index is 11.6. The van der Waals surface area contributed by atoms with Gasteiger partial charge >= 0.3 is 5.97 Å². The van der Waals surface area contributed by atoms with E-state index in [1.165, 1.54) is 57.8 Å². The number of allylic oxidation sites excluding steroid dienone is 2. The van der Waals surface area contributed by atoms with E-state index in [1.807, 2.05) is 37.3 Å². The first-order valence-electron chi connectivity index (χ1n) is 11.7. The van der Waals surface area contributed by atoms with Crippen LogP contribution in [0.15, 0.2) is 42.5 Å². The van der Waals surface area contributed by atoms with Gasteiger partial charge in [-0.1, -0.05) is 88.6 Å². The van der Waals surface area contributed by atoms with Crippen LogP contribution in [0.3, 0.4) is 0 Å². The number of carboxylic acids is 1. The molecule has 0 aliphatic rings. The first kappa shape index (κ1) is 25.3. The van der Waals surface area contributed by atoms with Crippen LogP contribution in [0.1, 0.15) is 97.3 Å². The van der Waals surface area contributed by atoms with Crippen LogP contribution in [-0.2, 0) is 4.79 Å². The van der Waals surface area contributed by atoms with E-state index in [1.54, 1.807) is 0 Å². The number of hydrogen-bond donors (Lipinski definition) is 1. The van der Waals surface area contributed by atoms with Gasteiger partial charge in [0.25, 0.3) is 0 Å². The van der Waals surface area contributed by atoms with Crippen LogP contribution < -0.4 is 4.74 Å². The minimum Gasteiger partial charge on any atom is -0.490 e. The van der Waals surface area contributed by atoms with Crippen molar-refractivity contribution in [3.8, 4) is 5.75 Å². The Kier molecular flexibility index (Phi) is 14.9. The first-order chi connectivity index (χ1) is 14.1. The number of rotatable bonds is 18. The molecule has 0 saturated carbocycles. The van der Waals surface area contributed by atoms with Crippen molar-refractivity contribution in [3.05, 3.63) is 42.5 Å². The molecule has 0 radical (unpaired) electrons. The fourth-order valence-corrected chi connectivity index (χ4v) is 3.61. The number of carboxylic acid groups (broad SMARTS) is 1. The molecule has 0 spiro atoms. The summed E-state index contributed by atoms with van der Waals surface area (Å²) in [6.07, 6.45) is 19.9. The summed E-state index contributed by atoms with van der Waals surface area (Å²) in [5.74, 6) is -0.475. The Labute approximate surface area is 178 Å². The number of benzene rings is 1. The molecule has 1 aromatic carbocycles. The van der Waals surface area contributed by atoms with Crippen LogP contribution in [0.2, 0.25) is 0 Å². The third-order valence-electron chi connectivity index (χ3n) is 5.48. The van der Waals surface area contributed by atoms with Gasteiger partial charge < -0.3 is 9.84 Å². The molecule has 0 heterocycles. The smallest absolute Gasteiger partial charge is 0.310 e. The molecule has 0 fully saturated rings. The molecule has 1 aromatic rings. The molecule has 1 rings (SSSR count). The summed E-state index contributed by atoms with van der Waals surface area (Å²) in [5.41, 5.74) is 0. The van der Waals surface area contributed by atoms with Crippen molar-refractivity contribution in [2.24, 2.45) is 5.92 Å². The Hall–Kier alpha value is -1.77. The van der Waals surface area contributed by atoms with E-state index in [-0.39, 0.29) is 6.10 Å². The van der Waals surface area contributed by atoms with Crippen molar-refractivity contribution in [2.75, 3.05) is 0 Å². The first-order valence-corrected chi connectivity index (χ1v) is 11.7. The minimum atomic E-state index is -0.758.